The van der Waals surface area contributed by atoms with Gasteiger partial charge >= 0.3 is 11.8 Å². The third kappa shape index (κ3) is 5.90. The molecular formula is C19H26FN3O5. The molecule has 1 aliphatic rings. The van der Waals surface area contributed by atoms with Crippen LogP contribution in [0.1, 0.15) is 44.0 Å². The molecule has 0 spiro atoms. The van der Waals surface area contributed by atoms with Crippen LogP contribution < -0.4 is 0 Å². The van der Waals surface area contributed by atoms with E-state index in [1.807, 2.05) is 0 Å². The highest BCUT2D eigenvalue weighted by atomic mass is 19.1. The van der Waals surface area contributed by atoms with Crippen molar-refractivity contribution >= 4 is 17.7 Å². The Kier molecular flexibility index (Phi) is 6.58. The standard InChI is InChI=1S/C19H26FN3O5/c1-19(2,3)28-18(25)21(4)10-11-22(12-13-8-9-13)17(24)14-6-5-7-15(16(14)20)23(26)27/h5-7,13H,8-12H2,1-4H3. The molecule has 2 rings (SSSR count). The molecule has 0 aliphatic heterocycles. The minimum absolute atomic E-state index is 0.174. The summed E-state index contributed by atoms with van der Waals surface area (Å²) in [5.74, 6) is -1.43. The highest BCUT2D eigenvalue weighted by Gasteiger charge is 2.31. The van der Waals surface area contributed by atoms with E-state index in [9.17, 15) is 24.1 Å². The summed E-state index contributed by atoms with van der Waals surface area (Å²) in [7, 11) is 1.56. The fourth-order valence-electron chi connectivity index (χ4n) is 2.59. The number of carbonyl (C=O) groups is 2. The number of ether oxygens (including phenoxy) is 1. The van der Waals surface area contributed by atoms with Crippen LogP contribution in [-0.2, 0) is 4.74 Å². The van der Waals surface area contributed by atoms with Crippen molar-refractivity contribution in [1.82, 2.24) is 9.80 Å². The van der Waals surface area contributed by atoms with E-state index in [1.54, 1.807) is 27.8 Å². The SMILES string of the molecule is CN(CCN(CC1CC1)C(=O)c1cccc([N+](=O)[O-])c1F)C(=O)OC(C)(C)C. The van der Waals surface area contributed by atoms with E-state index in [0.29, 0.717) is 12.5 Å². The van der Waals surface area contributed by atoms with Gasteiger partial charge in [-0.3, -0.25) is 14.9 Å². The molecule has 0 unspecified atom stereocenters. The highest BCUT2D eigenvalue weighted by molar-refractivity contribution is 5.95. The van der Waals surface area contributed by atoms with Crippen molar-refractivity contribution in [3.05, 3.63) is 39.7 Å². The van der Waals surface area contributed by atoms with Crippen LogP contribution in [0.2, 0.25) is 0 Å². The Hall–Kier alpha value is -2.71. The van der Waals surface area contributed by atoms with Gasteiger partial charge in [0.2, 0.25) is 5.82 Å². The highest BCUT2D eigenvalue weighted by Crippen LogP contribution is 2.30. The summed E-state index contributed by atoms with van der Waals surface area (Å²) in [6.45, 7) is 6.06. The van der Waals surface area contributed by atoms with Gasteiger partial charge in [-0.25, -0.2) is 4.79 Å². The molecule has 0 atom stereocenters. The lowest BCUT2D eigenvalue weighted by molar-refractivity contribution is -0.387. The topological polar surface area (TPSA) is 93.0 Å². The summed E-state index contributed by atoms with van der Waals surface area (Å²) in [5.41, 5.74) is -1.71. The van der Waals surface area contributed by atoms with Crippen molar-refractivity contribution in [2.75, 3.05) is 26.7 Å². The minimum atomic E-state index is -1.14. The number of nitro groups is 1. The number of rotatable bonds is 7. The Morgan fingerprint density at radius 2 is 1.93 bits per heavy atom. The van der Waals surface area contributed by atoms with E-state index in [4.69, 9.17) is 4.74 Å². The average Bonchev–Trinajstić information content (AvgIpc) is 3.40. The zero-order valence-corrected chi connectivity index (χ0v) is 16.6. The lowest BCUT2D eigenvalue weighted by Crippen LogP contribution is -2.42. The third-order valence-corrected chi connectivity index (χ3v) is 4.28. The number of nitro benzene ring substituents is 1. The van der Waals surface area contributed by atoms with E-state index in [0.717, 1.165) is 18.9 Å². The first-order valence-electron chi connectivity index (χ1n) is 9.16. The molecule has 0 heterocycles. The van der Waals surface area contributed by atoms with Crippen LogP contribution in [0.4, 0.5) is 14.9 Å². The molecular weight excluding hydrogens is 369 g/mol. The van der Waals surface area contributed by atoms with Crippen LogP contribution >= 0.6 is 0 Å². The summed E-state index contributed by atoms with van der Waals surface area (Å²) < 4.78 is 19.7. The first-order chi connectivity index (χ1) is 13.0. The van der Waals surface area contributed by atoms with Crippen molar-refractivity contribution in [3.63, 3.8) is 0 Å². The zero-order valence-electron chi connectivity index (χ0n) is 16.6. The second-order valence-electron chi connectivity index (χ2n) is 7.99. The van der Waals surface area contributed by atoms with Crippen LogP contribution in [0.3, 0.4) is 0 Å². The van der Waals surface area contributed by atoms with E-state index in [2.05, 4.69) is 0 Å². The van der Waals surface area contributed by atoms with Gasteiger partial charge in [0, 0.05) is 32.7 Å². The molecule has 0 aromatic heterocycles. The molecule has 2 amide bonds. The molecule has 1 aromatic carbocycles. The van der Waals surface area contributed by atoms with Crippen molar-refractivity contribution in [2.24, 2.45) is 5.92 Å². The van der Waals surface area contributed by atoms with Gasteiger partial charge in [0.25, 0.3) is 5.91 Å². The molecule has 1 aromatic rings. The van der Waals surface area contributed by atoms with Crippen LogP contribution in [0.5, 0.6) is 0 Å². The van der Waals surface area contributed by atoms with Gasteiger partial charge < -0.3 is 14.5 Å². The Labute approximate surface area is 163 Å². The number of likely N-dealkylation sites (N-methyl/N-ethyl adjacent to an activating group) is 1. The molecule has 1 aliphatic carbocycles. The number of benzene rings is 1. The molecule has 0 radical (unpaired) electrons. The van der Waals surface area contributed by atoms with Gasteiger partial charge in [-0.15, -0.1) is 0 Å². The first-order valence-corrected chi connectivity index (χ1v) is 9.16. The molecule has 154 valence electrons. The number of hydrogen-bond acceptors (Lipinski definition) is 5. The molecule has 8 nitrogen and oxygen atoms in total. The van der Waals surface area contributed by atoms with Crippen molar-refractivity contribution in [2.45, 2.75) is 39.2 Å². The minimum Gasteiger partial charge on any atom is -0.444 e. The van der Waals surface area contributed by atoms with Crippen molar-refractivity contribution in [3.8, 4) is 0 Å². The molecule has 0 saturated heterocycles. The number of hydrogen-bond donors (Lipinski definition) is 0. The number of halogens is 1. The average molecular weight is 395 g/mol. The monoisotopic (exact) mass is 395 g/mol. The lowest BCUT2D eigenvalue weighted by Gasteiger charge is -2.28. The molecule has 0 N–H and O–H groups in total. The molecule has 9 heteroatoms. The van der Waals surface area contributed by atoms with Crippen molar-refractivity contribution < 1.29 is 23.6 Å². The summed E-state index contributed by atoms with van der Waals surface area (Å²) in [6, 6.07) is 3.55. The van der Waals surface area contributed by atoms with Gasteiger partial charge in [0.05, 0.1) is 10.5 Å². The van der Waals surface area contributed by atoms with E-state index in [1.165, 1.54) is 21.9 Å². The van der Waals surface area contributed by atoms with E-state index >= 15 is 0 Å². The van der Waals surface area contributed by atoms with Gasteiger partial charge in [-0.1, -0.05) is 6.07 Å². The number of carbonyl (C=O) groups excluding carboxylic acids is 2. The van der Waals surface area contributed by atoms with Crippen molar-refractivity contribution in [1.29, 1.82) is 0 Å². The fourth-order valence-corrected chi connectivity index (χ4v) is 2.59. The maximum Gasteiger partial charge on any atom is 0.410 e. The van der Waals surface area contributed by atoms with Crippen LogP contribution in [0, 0.1) is 21.8 Å². The summed E-state index contributed by atoms with van der Waals surface area (Å²) in [4.78, 5) is 37.8. The predicted molar refractivity (Wildman–Crippen MR) is 101 cm³/mol. The molecule has 28 heavy (non-hydrogen) atoms. The normalized spacial score (nSPS) is 13.8. The van der Waals surface area contributed by atoms with Gasteiger partial charge in [-0.05, 0) is 45.6 Å². The Balaban J connectivity index is 2.11. The smallest absolute Gasteiger partial charge is 0.410 e. The number of amides is 2. The maximum atomic E-state index is 14.4. The first kappa shape index (κ1) is 21.6. The second-order valence-corrected chi connectivity index (χ2v) is 7.99. The lowest BCUT2D eigenvalue weighted by atomic mass is 10.1. The van der Waals surface area contributed by atoms with E-state index < -0.39 is 34.0 Å². The molecule has 0 bridgehead atoms. The quantitative estimate of drug-likeness (QED) is 0.521. The summed E-state index contributed by atoms with van der Waals surface area (Å²) >= 11 is 0. The molecule has 1 saturated carbocycles. The van der Waals surface area contributed by atoms with Crippen LogP contribution in [0.25, 0.3) is 0 Å². The summed E-state index contributed by atoms with van der Waals surface area (Å²) in [6.07, 6.45) is 1.43. The molecule has 1 fully saturated rings. The van der Waals surface area contributed by atoms with Gasteiger partial charge in [-0.2, -0.15) is 4.39 Å². The fraction of sp³-hybridized carbons (Fsp3) is 0.579. The Morgan fingerprint density at radius 3 is 2.46 bits per heavy atom. The van der Waals surface area contributed by atoms with Gasteiger partial charge in [0.15, 0.2) is 0 Å². The van der Waals surface area contributed by atoms with E-state index in [-0.39, 0.29) is 18.7 Å². The Morgan fingerprint density at radius 1 is 1.29 bits per heavy atom. The Bertz CT molecular complexity index is 758. The van der Waals surface area contributed by atoms with Gasteiger partial charge in [0.1, 0.15) is 5.60 Å². The number of nitrogens with zero attached hydrogens (tertiary/aromatic N) is 3. The van der Waals surface area contributed by atoms with Crippen LogP contribution in [0.15, 0.2) is 18.2 Å². The third-order valence-electron chi connectivity index (χ3n) is 4.28. The largest absolute Gasteiger partial charge is 0.444 e. The second kappa shape index (κ2) is 8.53. The van der Waals surface area contributed by atoms with Crippen LogP contribution in [-0.4, -0.2) is 59.0 Å². The summed E-state index contributed by atoms with van der Waals surface area (Å²) in [5, 5.41) is 10.9. The maximum absolute atomic E-state index is 14.4. The predicted octanol–water partition coefficient (Wildman–Crippen LogP) is 3.45. The zero-order chi connectivity index (χ0) is 21.1.